The average molecular weight is 365 g/mol. The van der Waals surface area contributed by atoms with Crippen molar-refractivity contribution in [3.05, 3.63) is 59.7 Å². The lowest BCUT2D eigenvalue weighted by molar-refractivity contribution is 0.0705. The molecule has 2 aromatic heterocycles. The first-order chi connectivity index (χ1) is 13.1. The number of nitrogens with two attached hydrogens (primary N) is 1. The second-order valence-electron chi connectivity index (χ2n) is 6.49. The highest BCUT2D eigenvalue weighted by Crippen LogP contribution is 2.27. The summed E-state index contributed by atoms with van der Waals surface area (Å²) < 4.78 is 0. The molecule has 0 radical (unpaired) electrons. The molecule has 3 N–H and O–H groups in total. The zero-order valence-corrected chi connectivity index (χ0v) is 14.6. The number of nitrogens with one attached hydrogen (secondary N) is 1. The first-order valence-corrected chi connectivity index (χ1v) is 8.74. The minimum atomic E-state index is -0.549. The summed E-state index contributed by atoms with van der Waals surface area (Å²) in [5.74, 6) is -0.459. The van der Waals surface area contributed by atoms with E-state index in [1.165, 1.54) is 11.0 Å². The van der Waals surface area contributed by atoms with E-state index >= 15 is 0 Å². The molecule has 9 nitrogen and oxygen atoms in total. The number of H-pyrrole nitrogens is 1. The Hall–Kier alpha value is -3.49. The fourth-order valence-corrected chi connectivity index (χ4v) is 3.27. The number of benzene rings is 1. The highest BCUT2D eigenvalue weighted by atomic mass is 16.2. The molecule has 0 bridgehead atoms. The zero-order chi connectivity index (χ0) is 18.8. The minimum absolute atomic E-state index is 0.127. The Bertz CT molecular complexity index is 955. The number of nitrogens with zero attached hydrogens (tertiary/aromatic N) is 5. The maximum atomic E-state index is 12.7. The number of aromatic amines is 1. The minimum Gasteiger partial charge on any atom is -0.364 e. The monoisotopic (exact) mass is 365 g/mol. The summed E-state index contributed by atoms with van der Waals surface area (Å²) in [6, 6.07) is 11.1. The summed E-state index contributed by atoms with van der Waals surface area (Å²) in [6.45, 7) is 1.21. The Morgan fingerprint density at radius 3 is 2.52 bits per heavy atom. The quantitative estimate of drug-likeness (QED) is 0.717. The average Bonchev–Trinajstić information content (AvgIpc) is 3.38. The molecule has 9 heteroatoms. The van der Waals surface area contributed by atoms with Crippen LogP contribution in [0.25, 0.3) is 5.69 Å². The number of carbonyl (C=O) groups excluding carboxylic acids is 2. The molecule has 1 fully saturated rings. The van der Waals surface area contributed by atoms with Crippen molar-refractivity contribution in [1.82, 2.24) is 30.1 Å². The number of hydrogen-bond donors (Lipinski definition) is 2. The molecule has 0 aliphatic carbocycles. The van der Waals surface area contributed by atoms with Crippen LogP contribution in [0.4, 0.5) is 0 Å². The van der Waals surface area contributed by atoms with Crippen molar-refractivity contribution in [2.45, 2.75) is 18.8 Å². The molecule has 138 valence electrons. The van der Waals surface area contributed by atoms with Crippen molar-refractivity contribution in [3.63, 3.8) is 0 Å². The van der Waals surface area contributed by atoms with Crippen LogP contribution in [0.3, 0.4) is 0 Å². The molecule has 2 amide bonds. The molecule has 1 aliphatic heterocycles. The lowest BCUT2D eigenvalue weighted by Crippen LogP contribution is -2.38. The first-order valence-electron chi connectivity index (χ1n) is 8.74. The molecule has 0 unspecified atom stereocenters. The van der Waals surface area contributed by atoms with E-state index in [0.717, 1.165) is 24.2 Å². The maximum Gasteiger partial charge on any atom is 0.276 e. The van der Waals surface area contributed by atoms with Gasteiger partial charge in [-0.1, -0.05) is 18.2 Å². The number of aromatic nitrogens is 5. The van der Waals surface area contributed by atoms with Gasteiger partial charge < -0.3 is 10.6 Å². The van der Waals surface area contributed by atoms with E-state index in [4.69, 9.17) is 5.73 Å². The van der Waals surface area contributed by atoms with Crippen LogP contribution in [0.15, 0.2) is 42.6 Å². The van der Waals surface area contributed by atoms with Gasteiger partial charge in [0.2, 0.25) is 0 Å². The molecule has 27 heavy (non-hydrogen) atoms. The summed E-state index contributed by atoms with van der Waals surface area (Å²) >= 11 is 0. The van der Waals surface area contributed by atoms with Gasteiger partial charge in [-0.2, -0.15) is 15.0 Å². The van der Waals surface area contributed by atoms with Crippen LogP contribution < -0.4 is 5.73 Å². The predicted molar refractivity (Wildman–Crippen MR) is 96.3 cm³/mol. The number of rotatable bonds is 4. The zero-order valence-electron chi connectivity index (χ0n) is 14.6. The van der Waals surface area contributed by atoms with Gasteiger partial charge in [-0.15, -0.1) is 5.10 Å². The number of likely N-dealkylation sites (tertiary alicyclic amines) is 1. The lowest BCUT2D eigenvalue weighted by Gasteiger charge is -2.30. The first kappa shape index (κ1) is 17.0. The highest BCUT2D eigenvalue weighted by Gasteiger charge is 2.27. The summed E-state index contributed by atoms with van der Waals surface area (Å²) in [4.78, 5) is 27.1. The summed E-state index contributed by atoms with van der Waals surface area (Å²) in [6.07, 6.45) is 3.05. The Morgan fingerprint density at radius 2 is 1.85 bits per heavy atom. The maximum absolute atomic E-state index is 12.7. The van der Waals surface area contributed by atoms with E-state index in [0.29, 0.717) is 18.8 Å². The van der Waals surface area contributed by atoms with Crippen LogP contribution in [-0.4, -0.2) is 55.0 Å². The van der Waals surface area contributed by atoms with Crippen LogP contribution in [0, 0.1) is 0 Å². The largest absolute Gasteiger partial charge is 0.364 e. The molecular formula is C18H19N7O2. The van der Waals surface area contributed by atoms with Crippen molar-refractivity contribution in [1.29, 1.82) is 0 Å². The van der Waals surface area contributed by atoms with Gasteiger partial charge in [0.1, 0.15) is 5.69 Å². The molecular weight excluding hydrogens is 346 g/mol. The molecule has 0 atom stereocenters. The Balaban J connectivity index is 1.40. The number of para-hydroxylation sites is 1. The summed E-state index contributed by atoms with van der Waals surface area (Å²) in [5, 5.41) is 15.3. The molecule has 0 saturated carbocycles. The third-order valence-corrected chi connectivity index (χ3v) is 4.77. The number of primary amides is 1. The van der Waals surface area contributed by atoms with Crippen molar-refractivity contribution in [2.24, 2.45) is 5.73 Å². The number of amides is 2. The number of hydrogen-bond acceptors (Lipinski definition) is 5. The van der Waals surface area contributed by atoms with E-state index in [1.54, 1.807) is 11.0 Å². The van der Waals surface area contributed by atoms with Gasteiger partial charge in [-0.25, -0.2) is 0 Å². The van der Waals surface area contributed by atoms with Gasteiger partial charge in [0, 0.05) is 24.7 Å². The third kappa shape index (κ3) is 3.43. The smallest absolute Gasteiger partial charge is 0.276 e. The van der Waals surface area contributed by atoms with Crippen LogP contribution >= 0.6 is 0 Å². The standard InChI is InChI=1S/C18H19N7O2/c19-17(26)15-10-14(21-22-15)12-6-8-24(9-7-12)18(27)16-11-20-25(23-16)13-4-2-1-3-5-13/h1-5,10-12H,6-9H2,(H2,19,26)(H,21,22). The Kier molecular flexibility index (Phi) is 4.41. The second-order valence-corrected chi connectivity index (χ2v) is 6.49. The highest BCUT2D eigenvalue weighted by molar-refractivity contribution is 5.92. The van der Waals surface area contributed by atoms with Gasteiger partial charge in [0.25, 0.3) is 11.8 Å². The van der Waals surface area contributed by atoms with Crippen molar-refractivity contribution < 1.29 is 9.59 Å². The van der Waals surface area contributed by atoms with Gasteiger partial charge >= 0.3 is 0 Å². The fraction of sp³-hybridized carbons (Fsp3) is 0.278. The lowest BCUT2D eigenvalue weighted by atomic mass is 9.93. The van der Waals surface area contributed by atoms with Gasteiger partial charge in [-0.05, 0) is 31.0 Å². The van der Waals surface area contributed by atoms with Crippen LogP contribution in [0.5, 0.6) is 0 Å². The van der Waals surface area contributed by atoms with Crippen LogP contribution in [0.2, 0.25) is 0 Å². The van der Waals surface area contributed by atoms with E-state index in [9.17, 15) is 9.59 Å². The van der Waals surface area contributed by atoms with E-state index in [1.807, 2.05) is 30.3 Å². The second kappa shape index (κ2) is 7.02. The van der Waals surface area contributed by atoms with Gasteiger partial charge in [0.05, 0.1) is 11.9 Å². The van der Waals surface area contributed by atoms with E-state index in [2.05, 4.69) is 20.4 Å². The summed E-state index contributed by atoms with van der Waals surface area (Å²) in [7, 11) is 0. The van der Waals surface area contributed by atoms with Crippen molar-refractivity contribution in [3.8, 4) is 5.69 Å². The van der Waals surface area contributed by atoms with Crippen molar-refractivity contribution >= 4 is 11.8 Å². The van der Waals surface area contributed by atoms with Crippen LogP contribution in [0.1, 0.15) is 45.4 Å². The van der Waals surface area contributed by atoms with E-state index < -0.39 is 5.91 Å². The van der Waals surface area contributed by atoms with E-state index in [-0.39, 0.29) is 17.5 Å². The Labute approximate surface area is 155 Å². The molecule has 1 saturated heterocycles. The number of carbonyl (C=O) groups is 2. The van der Waals surface area contributed by atoms with Gasteiger partial charge in [-0.3, -0.25) is 14.7 Å². The molecule has 3 heterocycles. The molecule has 1 aliphatic rings. The third-order valence-electron chi connectivity index (χ3n) is 4.77. The molecule has 0 spiro atoms. The van der Waals surface area contributed by atoms with Crippen LogP contribution in [-0.2, 0) is 0 Å². The Morgan fingerprint density at radius 1 is 1.11 bits per heavy atom. The fourth-order valence-electron chi connectivity index (χ4n) is 3.27. The molecule has 1 aromatic carbocycles. The number of piperidine rings is 1. The molecule has 4 rings (SSSR count). The summed E-state index contributed by atoms with van der Waals surface area (Å²) in [5.41, 5.74) is 7.49. The van der Waals surface area contributed by atoms with Crippen molar-refractivity contribution in [2.75, 3.05) is 13.1 Å². The predicted octanol–water partition coefficient (Wildman–Crippen LogP) is 1.11. The molecule has 3 aromatic rings. The van der Waals surface area contributed by atoms with Gasteiger partial charge in [0.15, 0.2) is 5.69 Å². The normalized spacial score (nSPS) is 15.0. The topological polar surface area (TPSA) is 123 Å². The SMILES string of the molecule is NC(=O)c1cc(C2CCN(C(=O)c3cnn(-c4ccccc4)n3)CC2)[nH]n1.